The summed E-state index contributed by atoms with van der Waals surface area (Å²) in [6.07, 6.45) is 1.72. The maximum atomic E-state index is 9.15. The van der Waals surface area contributed by atoms with Gasteiger partial charge in [0.2, 0.25) is 0 Å². The zero-order chi connectivity index (χ0) is 16.1. The number of aromatic nitrogens is 2. The Morgan fingerprint density at radius 1 is 1.10 bits per heavy atom. The van der Waals surface area contributed by atoms with E-state index in [9.17, 15) is 0 Å². The summed E-state index contributed by atoms with van der Waals surface area (Å²) in [6.45, 7) is 13.6. The summed E-state index contributed by atoms with van der Waals surface area (Å²) in [5.74, 6) is 2.46. The fraction of sp³-hybridized carbons (Fsp3) is 0.750. The minimum atomic E-state index is -0.208. The van der Waals surface area contributed by atoms with Gasteiger partial charge < -0.3 is 15.7 Å². The van der Waals surface area contributed by atoms with Gasteiger partial charge in [-0.05, 0) is 26.7 Å². The first-order chi connectivity index (χ1) is 9.68. The molecule has 1 aromatic heterocycles. The summed E-state index contributed by atoms with van der Waals surface area (Å²) < 4.78 is 0. The van der Waals surface area contributed by atoms with Crippen LogP contribution in [-0.4, -0.2) is 33.8 Å². The number of aliphatic hydroxyl groups is 1. The predicted molar refractivity (Wildman–Crippen MR) is 88.9 cm³/mol. The van der Waals surface area contributed by atoms with Gasteiger partial charge in [-0.2, -0.15) is 0 Å². The van der Waals surface area contributed by atoms with Crippen molar-refractivity contribution in [3.05, 3.63) is 11.9 Å². The molecule has 0 aromatic carbocycles. The summed E-state index contributed by atoms with van der Waals surface area (Å²) in [5.41, 5.74) is -0.318. The van der Waals surface area contributed by atoms with Crippen LogP contribution in [0, 0.1) is 0 Å². The Morgan fingerprint density at radius 2 is 1.71 bits per heavy atom. The van der Waals surface area contributed by atoms with Gasteiger partial charge >= 0.3 is 0 Å². The molecule has 21 heavy (non-hydrogen) atoms. The third kappa shape index (κ3) is 5.87. The maximum Gasteiger partial charge on any atom is 0.138 e. The summed E-state index contributed by atoms with van der Waals surface area (Å²) >= 11 is 0. The minimum Gasteiger partial charge on any atom is -0.396 e. The molecule has 5 nitrogen and oxygen atoms in total. The highest BCUT2D eigenvalue weighted by Gasteiger charge is 2.22. The molecule has 0 aliphatic heterocycles. The van der Waals surface area contributed by atoms with E-state index in [0.717, 1.165) is 30.4 Å². The molecule has 0 atom stereocenters. The van der Waals surface area contributed by atoms with Gasteiger partial charge in [-0.1, -0.05) is 27.7 Å². The molecule has 0 fully saturated rings. The van der Waals surface area contributed by atoms with Crippen LogP contribution in [0.4, 0.5) is 11.6 Å². The minimum absolute atomic E-state index is 0.110. The average molecular weight is 294 g/mol. The van der Waals surface area contributed by atoms with Crippen LogP contribution in [-0.2, 0) is 5.41 Å². The molecule has 0 bridgehead atoms. The second-order valence-electron chi connectivity index (χ2n) is 7.12. The first-order valence-corrected chi connectivity index (χ1v) is 7.70. The highest BCUT2D eigenvalue weighted by atomic mass is 16.3. The van der Waals surface area contributed by atoms with Crippen molar-refractivity contribution in [3.63, 3.8) is 0 Å². The smallest absolute Gasteiger partial charge is 0.138 e. The molecule has 1 rings (SSSR count). The number of hydrogen-bond acceptors (Lipinski definition) is 5. The number of aliphatic hydroxyl groups excluding tert-OH is 1. The third-order valence-electron chi connectivity index (χ3n) is 3.16. The number of hydrogen-bond donors (Lipinski definition) is 3. The van der Waals surface area contributed by atoms with E-state index in [4.69, 9.17) is 5.11 Å². The Labute approximate surface area is 128 Å². The van der Waals surface area contributed by atoms with E-state index in [2.05, 4.69) is 62.1 Å². The van der Waals surface area contributed by atoms with Crippen molar-refractivity contribution in [2.24, 2.45) is 0 Å². The lowest BCUT2D eigenvalue weighted by Crippen LogP contribution is -2.33. The molecule has 0 radical (unpaired) electrons. The lowest BCUT2D eigenvalue weighted by molar-refractivity contribution is 0.260. The quantitative estimate of drug-likeness (QED) is 0.720. The predicted octanol–water partition coefficient (Wildman–Crippen LogP) is 3.17. The van der Waals surface area contributed by atoms with Crippen LogP contribution in [0.15, 0.2) is 6.07 Å². The van der Waals surface area contributed by atoms with Crippen LogP contribution in [0.1, 0.15) is 60.2 Å². The SMILES string of the molecule is CCCNc1cc(NC(C)(C)CCO)nc(C(C)(C)C)n1. The summed E-state index contributed by atoms with van der Waals surface area (Å²) in [7, 11) is 0. The van der Waals surface area contributed by atoms with E-state index in [-0.39, 0.29) is 17.6 Å². The standard InChI is InChI=1S/C16H30N4O/c1-7-9-17-12-11-13(20-16(5,6)8-10-21)19-14(18-12)15(2,3)4/h11,21H,7-10H2,1-6H3,(H2,17,18,19,20). The van der Waals surface area contributed by atoms with E-state index in [1.807, 2.05) is 6.07 Å². The molecule has 0 unspecified atom stereocenters. The molecule has 0 aliphatic carbocycles. The van der Waals surface area contributed by atoms with Crippen molar-refractivity contribution in [2.75, 3.05) is 23.8 Å². The van der Waals surface area contributed by atoms with Crippen LogP contribution in [0.25, 0.3) is 0 Å². The Balaban J connectivity index is 3.07. The van der Waals surface area contributed by atoms with Crippen LogP contribution in [0.2, 0.25) is 0 Å². The second kappa shape index (κ2) is 7.07. The number of nitrogens with one attached hydrogen (secondary N) is 2. The van der Waals surface area contributed by atoms with Gasteiger partial charge in [-0.3, -0.25) is 0 Å². The van der Waals surface area contributed by atoms with E-state index in [1.165, 1.54) is 0 Å². The number of anilines is 2. The lowest BCUT2D eigenvalue weighted by Gasteiger charge is -2.27. The molecule has 0 saturated heterocycles. The summed E-state index contributed by atoms with van der Waals surface area (Å²) in [4.78, 5) is 9.24. The molecular formula is C16H30N4O. The Hall–Kier alpha value is -1.36. The fourth-order valence-electron chi connectivity index (χ4n) is 1.88. The van der Waals surface area contributed by atoms with Gasteiger partial charge in [-0.15, -0.1) is 0 Å². The van der Waals surface area contributed by atoms with Gasteiger partial charge in [0.05, 0.1) is 0 Å². The van der Waals surface area contributed by atoms with E-state index in [0.29, 0.717) is 6.42 Å². The van der Waals surface area contributed by atoms with Gasteiger partial charge in [0.25, 0.3) is 0 Å². The Kier molecular flexibility index (Phi) is 5.96. The van der Waals surface area contributed by atoms with E-state index < -0.39 is 0 Å². The van der Waals surface area contributed by atoms with Crippen molar-refractivity contribution in [3.8, 4) is 0 Å². The zero-order valence-corrected chi connectivity index (χ0v) is 14.2. The summed E-state index contributed by atoms with van der Waals surface area (Å²) in [5, 5.41) is 15.9. The van der Waals surface area contributed by atoms with Crippen LogP contribution < -0.4 is 10.6 Å². The molecule has 0 amide bonds. The van der Waals surface area contributed by atoms with E-state index in [1.54, 1.807) is 0 Å². The van der Waals surface area contributed by atoms with Crippen molar-refractivity contribution in [1.29, 1.82) is 0 Å². The average Bonchev–Trinajstić information content (AvgIpc) is 2.34. The number of rotatable bonds is 7. The summed E-state index contributed by atoms with van der Waals surface area (Å²) in [6, 6.07) is 1.93. The molecule has 5 heteroatoms. The van der Waals surface area contributed by atoms with Gasteiger partial charge in [0, 0.05) is 30.2 Å². The monoisotopic (exact) mass is 294 g/mol. The highest BCUT2D eigenvalue weighted by molar-refractivity contribution is 5.49. The van der Waals surface area contributed by atoms with Crippen molar-refractivity contribution in [2.45, 2.75) is 65.3 Å². The molecule has 3 N–H and O–H groups in total. The van der Waals surface area contributed by atoms with Gasteiger partial charge in [-0.25, -0.2) is 9.97 Å². The first-order valence-electron chi connectivity index (χ1n) is 7.70. The third-order valence-corrected chi connectivity index (χ3v) is 3.16. The fourth-order valence-corrected chi connectivity index (χ4v) is 1.88. The zero-order valence-electron chi connectivity index (χ0n) is 14.2. The van der Waals surface area contributed by atoms with Crippen molar-refractivity contribution >= 4 is 11.6 Å². The molecule has 0 saturated carbocycles. The normalized spacial score (nSPS) is 12.3. The lowest BCUT2D eigenvalue weighted by atomic mass is 9.95. The van der Waals surface area contributed by atoms with Crippen LogP contribution in [0.5, 0.6) is 0 Å². The van der Waals surface area contributed by atoms with Crippen LogP contribution in [0.3, 0.4) is 0 Å². The largest absolute Gasteiger partial charge is 0.396 e. The Bertz CT molecular complexity index is 452. The van der Waals surface area contributed by atoms with Gasteiger partial charge in [0.1, 0.15) is 17.5 Å². The molecule has 0 aliphatic rings. The van der Waals surface area contributed by atoms with Crippen LogP contribution >= 0.6 is 0 Å². The van der Waals surface area contributed by atoms with Gasteiger partial charge in [0.15, 0.2) is 0 Å². The highest BCUT2D eigenvalue weighted by Crippen LogP contribution is 2.24. The molecule has 120 valence electrons. The van der Waals surface area contributed by atoms with E-state index >= 15 is 0 Å². The first kappa shape index (κ1) is 17.7. The van der Waals surface area contributed by atoms with Crippen molar-refractivity contribution < 1.29 is 5.11 Å². The van der Waals surface area contributed by atoms with Crippen molar-refractivity contribution in [1.82, 2.24) is 9.97 Å². The Morgan fingerprint density at radius 3 is 2.24 bits per heavy atom. The maximum absolute atomic E-state index is 9.15. The topological polar surface area (TPSA) is 70.1 Å². The molecule has 1 heterocycles. The molecular weight excluding hydrogens is 264 g/mol. The molecule has 1 aromatic rings. The molecule has 0 spiro atoms. The second-order valence-corrected chi connectivity index (χ2v) is 7.12. The number of nitrogens with zero attached hydrogens (tertiary/aromatic N) is 2.